The summed E-state index contributed by atoms with van der Waals surface area (Å²) in [5.74, 6) is 1.05. The molecule has 2 aliphatic rings. The molecule has 1 aromatic carbocycles. The first kappa shape index (κ1) is 12.1. The van der Waals surface area contributed by atoms with Crippen molar-refractivity contribution < 1.29 is 0 Å². The maximum absolute atomic E-state index is 4.37. The Morgan fingerprint density at radius 1 is 1.25 bits per heavy atom. The van der Waals surface area contributed by atoms with Gasteiger partial charge in [0.2, 0.25) is 0 Å². The summed E-state index contributed by atoms with van der Waals surface area (Å²) in [6, 6.07) is 8.99. The largest absolute Gasteiger partial charge is 0.291 e. The third-order valence-corrected chi connectivity index (χ3v) is 4.99. The Morgan fingerprint density at radius 2 is 2.10 bits per heavy atom. The third-order valence-electron chi connectivity index (χ3n) is 4.99. The number of hydrogen-bond donors (Lipinski definition) is 0. The van der Waals surface area contributed by atoms with Crippen LogP contribution >= 0.6 is 0 Å². The van der Waals surface area contributed by atoms with Crippen LogP contribution in [0, 0.1) is 0 Å². The Balaban J connectivity index is 1.64. The topological polar surface area (TPSA) is 34.0 Å². The molecule has 0 unspecified atom stereocenters. The van der Waals surface area contributed by atoms with Gasteiger partial charge in [0, 0.05) is 25.6 Å². The zero-order valence-corrected chi connectivity index (χ0v) is 11.9. The van der Waals surface area contributed by atoms with E-state index >= 15 is 0 Å². The molecule has 0 amide bonds. The van der Waals surface area contributed by atoms with Gasteiger partial charge in [0.15, 0.2) is 0 Å². The van der Waals surface area contributed by atoms with Gasteiger partial charge in [0.25, 0.3) is 0 Å². The molecule has 0 radical (unpaired) electrons. The number of benzene rings is 1. The van der Waals surface area contributed by atoms with Crippen LogP contribution in [0.25, 0.3) is 0 Å². The van der Waals surface area contributed by atoms with Gasteiger partial charge in [0.05, 0.1) is 6.54 Å². The number of rotatable bonds is 2. The highest BCUT2D eigenvalue weighted by Gasteiger charge is 2.43. The molecule has 1 spiro atoms. The monoisotopic (exact) mass is 268 g/mol. The van der Waals surface area contributed by atoms with E-state index in [4.69, 9.17) is 0 Å². The van der Waals surface area contributed by atoms with Crippen molar-refractivity contribution >= 4 is 0 Å². The fourth-order valence-electron chi connectivity index (χ4n) is 3.79. The molecule has 20 heavy (non-hydrogen) atoms. The average molecular weight is 268 g/mol. The summed E-state index contributed by atoms with van der Waals surface area (Å²) in [5, 5.41) is 4.18. The first-order chi connectivity index (χ1) is 9.77. The molecule has 0 bridgehead atoms. The third kappa shape index (κ3) is 1.79. The van der Waals surface area contributed by atoms with Crippen molar-refractivity contribution in [3.63, 3.8) is 0 Å². The van der Waals surface area contributed by atoms with Gasteiger partial charge in [-0.3, -0.25) is 9.58 Å². The number of fused-ring (bicyclic) bond motifs is 2. The second kappa shape index (κ2) is 4.42. The highest BCUT2D eigenvalue weighted by molar-refractivity contribution is 5.38. The van der Waals surface area contributed by atoms with Crippen molar-refractivity contribution in [2.24, 2.45) is 7.05 Å². The van der Waals surface area contributed by atoms with E-state index < -0.39 is 0 Å². The van der Waals surface area contributed by atoms with Gasteiger partial charge in [-0.1, -0.05) is 30.7 Å². The van der Waals surface area contributed by atoms with Crippen LogP contribution in [-0.4, -0.2) is 26.2 Å². The second-order valence-electron chi connectivity index (χ2n) is 6.24. The molecule has 1 aliphatic carbocycles. The highest BCUT2D eigenvalue weighted by atomic mass is 15.3. The van der Waals surface area contributed by atoms with E-state index in [1.807, 2.05) is 11.7 Å². The van der Waals surface area contributed by atoms with Crippen LogP contribution in [0.15, 0.2) is 30.6 Å². The molecule has 2 aromatic rings. The van der Waals surface area contributed by atoms with Crippen LogP contribution in [0.2, 0.25) is 0 Å². The average Bonchev–Trinajstić information content (AvgIpc) is 2.81. The molecular formula is C16H20N4. The first-order valence-corrected chi connectivity index (χ1v) is 7.40. The Hall–Kier alpha value is -1.68. The minimum atomic E-state index is 0.410. The summed E-state index contributed by atoms with van der Waals surface area (Å²) in [4.78, 5) is 6.90. The van der Waals surface area contributed by atoms with Crippen LogP contribution in [0.3, 0.4) is 0 Å². The minimum Gasteiger partial charge on any atom is -0.291 e. The lowest BCUT2D eigenvalue weighted by molar-refractivity contribution is 0.105. The first-order valence-electron chi connectivity index (χ1n) is 7.40. The molecule has 4 rings (SSSR count). The zero-order valence-electron chi connectivity index (χ0n) is 11.9. The molecule has 1 saturated carbocycles. The van der Waals surface area contributed by atoms with E-state index in [-0.39, 0.29) is 0 Å². The van der Waals surface area contributed by atoms with Gasteiger partial charge in [-0.15, -0.1) is 0 Å². The maximum Gasteiger partial charge on any atom is 0.140 e. The molecule has 104 valence electrons. The van der Waals surface area contributed by atoms with Crippen LogP contribution in [0.4, 0.5) is 0 Å². The molecule has 4 nitrogen and oxygen atoms in total. The number of nitrogens with zero attached hydrogens (tertiary/aromatic N) is 4. The molecule has 0 atom stereocenters. The molecule has 4 heteroatoms. The van der Waals surface area contributed by atoms with Gasteiger partial charge in [-0.05, 0) is 24.0 Å². The lowest BCUT2D eigenvalue weighted by Crippen LogP contribution is -2.49. The van der Waals surface area contributed by atoms with Gasteiger partial charge < -0.3 is 0 Å². The van der Waals surface area contributed by atoms with E-state index in [0.717, 1.165) is 25.5 Å². The summed E-state index contributed by atoms with van der Waals surface area (Å²) in [5.41, 5.74) is 3.51. The number of aromatic nitrogens is 3. The van der Waals surface area contributed by atoms with Gasteiger partial charge in [-0.2, -0.15) is 5.10 Å². The van der Waals surface area contributed by atoms with Crippen molar-refractivity contribution in [2.75, 3.05) is 6.54 Å². The van der Waals surface area contributed by atoms with E-state index in [1.165, 1.54) is 24.8 Å². The minimum absolute atomic E-state index is 0.410. The van der Waals surface area contributed by atoms with Crippen LogP contribution in [0.5, 0.6) is 0 Å². The Bertz CT molecular complexity index is 627. The standard InChI is InChI=1S/C16H20N4/c1-19-15(17-12-18-19)10-20-9-13-5-2-3-6-14(13)16(11-20)7-4-8-16/h2-3,5-6,12H,4,7-11H2,1H3. The zero-order chi connectivity index (χ0) is 13.6. The van der Waals surface area contributed by atoms with Crippen molar-refractivity contribution in [1.82, 2.24) is 19.7 Å². The summed E-state index contributed by atoms with van der Waals surface area (Å²) >= 11 is 0. The van der Waals surface area contributed by atoms with Crippen molar-refractivity contribution in [3.8, 4) is 0 Å². The van der Waals surface area contributed by atoms with Crippen molar-refractivity contribution in [3.05, 3.63) is 47.5 Å². The lowest BCUT2D eigenvalue weighted by atomic mass is 9.61. The van der Waals surface area contributed by atoms with Crippen LogP contribution in [-0.2, 0) is 25.6 Å². The highest BCUT2D eigenvalue weighted by Crippen LogP contribution is 2.48. The number of aryl methyl sites for hydroxylation is 1. The number of hydrogen-bond acceptors (Lipinski definition) is 3. The van der Waals surface area contributed by atoms with Gasteiger partial charge in [-0.25, -0.2) is 4.98 Å². The fourth-order valence-corrected chi connectivity index (χ4v) is 3.79. The van der Waals surface area contributed by atoms with E-state index in [0.29, 0.717) is 5.41 Å². The van der Waals surface area contributed by atoms with Crippen LogP contribution < -0.4 is 0 Å². The second-order valence-corrected chi connectivity index (χ2v) is 6.24. The van der Waals surface area contributed by atoms with Crippen LogP contribution in [0.1, 0.15) is 36.2 Å². The lowest BCUT2D eigenvalue weighted by Gasteiger charge is -2.50. The summed E-state index contributed by atoms with van der Waals surface area (Å²) in [6.07, 6.45) is 5.68. The Kier molecular flexibility index (Phi) is 2.67. The van der Waals surface area contributed by atoms with Crippen molar-refractivity contribution in [1.29, 1.82) is 0 Å². The van der Waals surface area contributed by atoms with E-state index in [9.17, 15) is 0 Å². The smallest absolute Gasteiger partial charge is 0.140 e. The van der Waals surface area contributed by atoms with E-state index in [1.54, 1.807) is 11.9 Å². The van der Waals surface area contributed by atoms with Crippen molar-refractivity contribution in [2.45, 2.75) is 37.8 Å². The van der Waals surface area contributed by atoms with Gasteiger partial charge in [0.1, 0.15) is 12.2 Å². The SMILES string of the molecule is Cn1ncnc1CN1Cc2ccccc2C2(CCC2)C1. The molecule has 1 aromatic heterocycles. The summed E-state index contributed by atoms with van der Waals surface area (Å²) < 4.78 is 1.88. The predicted molar refractivity (Wildman–Crippen MR) is 77.1 cm³/mol. The maximum atomic E-state index is 4.37. The molecule has 2 heterocycles. The molecule has 0 N–H and O–H groups in total. The molecule has 0 saturated heterocycles. The Morgan fingerprint density at radius 3 is 2.80 bits per heavy atom. The quantitative estimate of drug-likeness (QED) is 0.837. The predicted octanol–water partition coefficient (Wildman–Crippen LogP) is 2.25. The fraction of sp³-hybridized carbons (Fsp3) is 0.500. The molecular weight excluding hydrogens is 248 g/mol. The van der Waals surface area contributed by atoms with Gasteiger partial charge >= 0.3 is 0 Å². The normalized spacial score (nSPS) is 20.6. The summed E-state index contributed by atoms with van der Waals surface area (Å²) in [6.45, 7) is 3.09. The summed E-state index contributed by atoms with van der Waals surface area (Å²) in [7, 11) is 1.97. The molecule has 1 fully saturated rings. The molecule has 1 aliphatic heterocycles. The Labute approximate surface area is 119 Å². The van der Waals surface area contributed by atoms with E-state index in [2.05, 4.69) is 39.2 Å².